The number of hydrogen-bond donors (Lipinski definition) is 1. The molecule has 0 saturated heterocycles. The fourth-order valence-electron chi connectivity index (χ4n) is 2.16. The summed E-state index contributed by atoms with van der Waals surface area (Å²) in [6.45, 7) is 3.14. The van der Waals surface area contributed by atoms with Gasteiger partial charge in [0, 0.05) is 25.0 Å². The number of nitrogen functional groups attached to an aromatic ring is 1. The number of rotatable bonds is 4. The summed E-state index contributed by atoms with van der Waals surface area (Å²) in [6.07, 6.45) is 1.01. The van der Waals surface area contributed by atoms with Crippen LogP contribution in [0, 0.1) is 6.92 Å². The number of anilines is 2. The Kier molecular flexibility index (Phi) is 3.88. The van der Waals surface area contributed by atoms with E-state index >= 15 is 0 Å². The van der Waals surface area contributed by atoms with Crippen molar-refractivity contribution in [2.24, 2.45) is 0 Å². The van der Waals surface area contributed by atoms with Gasteiger partial charge in [0.05, 0.1) is 0 Å². The first-order chi connectivity index (χ1) is 8.66. The van der Waals surface area contributed by atoms with Crippen molar-refractivity contribution in [2.75, 3.05) is 24.2 Å². The molecule has 0 spiro atoms. The first-order valence-electron chi connectivity index (χ1n) is 6.28. The molecule has 0 fully saturated rings. The van der Waals surface area contributed by atoms with Crippen LogP contribution in [-0.4, -0.2) is 13.6 Å². The minimum atomic E-state index is 0.839. The third-order valence-corrected chi connectivity index (χ3v) is 3.21. The Morgan fingerprint density at radius 1 is 1.06 bits per heavy atom. The molecule has 0 aromatic heterocycles. The molecule has 94 valence electrons. The van der Waals surface area contributed by atoms with E-state index in [9.17, 15) is 0 Å². The monoisotopic (exact) mass is 240 g/mol. The summed E-state index contributed by atoms with van der Waals surface area (Å²) in [6, 6.07) is 16.6. The van der Waals surface area contributed by atoms with Gasteiger partial charge in [0.2, 0.25) is 0 Å². The number of benzene rings is 2. The van der Waals surface area contributed by atoms with Crippen LogP contribution in [0.25, 0.3) is 0 Å². The van der Waals surface area contributed by atoms with Crippen molar-refractivity contribution in [2.45, 2.75) is 13.3 Å². The Balaban J connectivity index is 2.00. The van der Waals surface area contributed by atoms with Gasteiger partial charge < -0.3 is 10.6 Å². The maximum atomic E-state index is 5.79. The van der Waals surface area contributed by atoms with Crippen LogP contribution in [-0.2, 0) is 6.42 Å². The van der Waals surface area contributed by atoms with E-state index in [0.29, 0.717) is 0 Å². The van der Waals surface area contributed by atoms with Crippen LogP contribution < -0.4 is 10.6 Å². The number of aryl methyl sites for hydroxylation is 1. The van der Waals surface area contributed by atoms with E-state index in [1.54, 1.807) is 0 Å². The topological polar surface area (TPSA) is 29.3 Å². The molecule has 0 aliphatic carbocycles. The molecule has 18 heavy (non-hydrogen) atoms. The lowest BCUT2D eigenvalue weighted by Crippen LogP contribution is -2.21. The molecular formula is C16H20N2. The molecule has 2 aromatic rings. The van der Waals surface area contributed by atoms with Crippen LogP contribution in [0.1, 0.15) is 11.1 Å². The Bertz CT molecular complexity index is 520. The zero-order chi connectivity index (χ0) is 13.0. The maximum absolute atomic E-state index is 5.79. The highest BCUT2D eigenvalue weighted by atomic mass is 15.1. The summed E-state index contributed by atoms with van der Waals surface area (Å²) in [5, 5.41) is 0. The van der Waals surface area contributed by atoms with E-state index in [1.807, 2.05) is 18.2 Å². The van der Waals surface area contributed by atoms with Gasteiger partial charge in [0.15, 0.2) is 0 Å². The van der Waals surface area contributed by atoms with Crippen LogP contribution in [0.4, 0.5) is 11.4 Å². The average molecular weight is 240 g/mol. The van der Waals surface area contributed by atoms with Gasteiger partial charge in [0.25, 0.3) is 0 Å². The minimum absolute atomic E-state index is 0.839. The van der Waals surface area contributed by atoms with Gasteiger partial charge in [-0.1, -0.05) is 30.3 Å². The lowest BCUT2D eigenvalue weighted by atomic mass is 10.1. The smallest absolute Gasteiger partial charge is 0.0393 e. The lowest BCUT2D eigenvalue weighted by molar-refractivity contribution is 0.873. The summed E-state index contributed by atoms with van der Waals surface area (Å²) < 4.78 is 0. The Labute approximate surface area is 109 Å². The minimum Gasteiger partial charge on any atom is -0.399 e. The molecule has 0 heterocycles. The Morgan fingerprint density at radius 3 is 2.56 bits per heavy atom. The molecule has 2 nitrogen and oxygen atoms in total. The average Bonchev–Trinajstić information content (AvgIpc) is 2.37. The van der Waals surface area contributed by atoms with Crippen LogP contribution in [0.2, 0.25) is 0 Å². The second-order valence-electron chi connectivity index (χ2n) is 4.70. The molecule has 0 bridgehead atoms. The van der Waals surface area contributed by atoms with E-state index in [1.165, 1.54) is 16.8 Å². The highest BCUT2D eigenvalue weighted by Crippen LogP contribution is 2.18. The summed E-state index contributed by atoms with van der Waals surface area (Å²) in [7, 11) is 2.13. The van der Waals surface area contributed by atoms with Crippen molar-refractivity contribution in [1.82, 2.24) is 0 Å². The SMILES string of the molecule is Cc1ccccc1N(C)CCc1cccc(N)c1. The van der Waals surface area contributed by atoms with Gasteiger partial charge in [-0.15, -0.1) is 0 Å². The molecule has 2 aromatic carbocycles. The third-order valence-electron chi connectivity index (χ3n) is 3.21. The van der Waals surface area contributed by atoms with E-state index < -0.39 is 0 Å². The molecule has 0 amide bonds. The molecule has 0 saturated carbocycles. The third kappa shape index (κ3) is 3.04. The van der Waals surface area contributed by atoms with Gasteiger partial charge >= 0.3 is 0 Å². The van der Waals surface area contributed by atoms with Crippen molar-refractivity contribution in [3.8, 4) is 0 Å². The fraction of sp³-hybridized carbons (Fsp3) is 0.250. The predicted octanol–water partition coefficient (Wildman–Crippen LogP) is 3.26. The number of nitrogens with zero attached hydrogens (tertiary/aromatic N) is 1. The number of hydrogen-bond acceptors (Lipinski definition) is 2. The number of para-hydroxylation sites is 1. The molecule has 2 rings (SSSR count). The molecule has 0 unspecified atom stereocenters. The molecule has 0 radical (unpaired) electrons. The van der Waals surface area contributed by atoms with Gasteiger partial charge in [0.1, 0.15) is 0 Å². The highest BCUT2D eigenvalue weighted by Gasteiger charge is 2.03. The largest absolute Gasteiger partial charge is 0.399 e. The maximum Gasteiger partial charge on any atom is 0.0393 e. The number of likely N-dealkylation sites (N-methyl/N-ethyl adjacent to an activating group) is 1. The standard InChI is InChI=1S/C16H20N2/c1-13-6-3-4-9-16(13)18(2)11-10-14-7-5-8-15(17)12-14/h3-9,12H,10-11,17H2,1-2H3. The first kappa shape index (κ1) is 12.5. The van der Waals surface area contributed by atoms with Crippen LogP contribution in [0.5, 0.6) is 0 Å². The van der Waals surface area contributed by atoms with Gasteiger partial charge in [-0.3, -0.25) is 0 Å². The van der Waals surface area contributed by atoms with Crippen molar-refractivity contribution in [3.05, 3.63) is 59.7 Å². The normalized spacial score (nSPS) is 10.3. The van der Waals surface area contributed by atoms with Crippen LogP contribution in [0.3, 0.4) is 0 Å². The summed E-state index contributed by atoms with van der Waals surface area (Å²) >= 11 is 0. The predicted molar refractivity (Wildman–Crippen MR) is 79.0 cm³/mol. The quantitative estimate of drug-likeness (QED) is 0.831. The first-order valence-corrected chi connectivity index (χ1v) is 6.28. The molecule has 0 aliphatic heterocycles. The van der Waals surface area contributed by atoms with Crippen molar-refractivity contribution >= 4 is 11.4 Å². The lowest BCUT2D eigenvalue weighted by Gasteiger charge is -2.21. The second kappa shape index (κ2) is 5.58. The molecular weight excluding hydrogens is 220 g/mol. The van der Waals surface area contributed by atoms with E-state index in [2.05, 4.69) is 49.2 Å². The summed E-state index contributed by atoms with van der Waals surface area (Å²) in [5.74, 6) is 0. The van der Waals surface area contributed by atoms with Crippen molar-refractivity contribution < 1.29 is 0 Å². The summed E-state index contributed by atoms with van der Waals surface area (Å²) in [5.41, 5.74) is 10.5. The molecule has 0 aliphatic rings. The molecule has 2 heteroatoms. The van der Waals surface area contributed by atoms with E-state index in [0.717, 1.165) is 18.7 Å². The van der Waals surface area contributed by atoms with Crippen LogP contribution >= 0.6 is 0 Å². The van der Waals surface area contributed by atoms with Crippen molar-refractivity contribution in [3.63, 3.8) is 0 Å². The Morgan fingerprint density at radius 2 is 1.83 bits per heavy atom. The molecule has 2 N–H and O–H groups in total. The second-order valence-corrected chi connectivity index (χ2v) is 4.70. The number of nitrogens with two attached hydrogens (primary N) is 1. The molecule has 0 atom stereocenters. The zero-order valence-electron chi connectivity index (χ0n) is 11.1. The Hall–Kier alpha value is -1.96. The highest BCUT2D eigenvalue weighted by molar-refractivity contribution is 5.52. The summed E-state index contributed by atoms with van der Waals surface area (Å²) in [4.78, 5) is 2.29. The van der Waals surface area contributed by atoms with Crippen LogP contribution in [0.15, 0.2) is 48.5 Å². The van der Waals surface area contributed by atoms with Crippen molar-refractivity contribution in [1.29, 1.82) is 0 Å². The van der Waals surface area contributed by atoms with Gasteiger partial charge in [-0.05, 0) is 42.7 Å². The van der Waals surface area contributed by atoms with E-state index in [4.69, 9.17) is 5.73 Å². The van der Waals surface area contributed by atoms with Gasteiger partial charge in [-0.2, -0.15) is 0 Å². The fourth-order valence-corrected chi connectivity index (χ4v) is 2.16. The zero-order valence-corrected chi connectivity index (χ0v) is 11.1. The van der Waals surface area contributed by atoms with E-state index in [-0.39, 0.29) is 0 Å². The van der Waals surface area contributed by atoms with Gasteiger partial charge in [-0.25, -0.2) is 0 Å².